The van der Waals surface area contributed by atoms with Gasteiger partial charge in [-0.2, -0.15) is 0 Å². The number of carbonyl (C=O) groups excluding carboxylic acids is 2. The first-order valence-electron chi connectivity index (χ1n) is 9.89. The van der Waals surface area contributed by atoms with Gasteiger partial charge in [0.25, 0.3) is 5.91 Å². The molecule has 0 N–H and O–H groups in total. The van der Waals surface area contributed by atoms with Crippen molar-refractivity contribution in [3.8, 4) is 0 Å². The normalized spacial score (nSPS) is 15.7. The Labute approximate surface area is 178 Å². The number of benzene rings is 1. The van der Waals surface area contributed by atoms with E-state index >= 15 is 0 Å². The maximum Gasteiger partial charge on any atom is 0.310 e. The molecule has 0 aliphatic carbocycles. The van der Waals surface area contributed by atoms with E-state index in [-0.39, 0.29) is 17.3 Å². The highest BCUT2D eigenvalue weighted by Gasteiger charge is 2.28. The van der Waals surface area contributed by atoms with Crippen LogP contribution < -0.4 is 4.90 Å². The highest BCUT2D eigenvalue weighted by molar-refractivity contribution is 7.89. The quantitative estimate of drug-likeness (QED) is 0.556. The lowest BCUT2D eigenvalue weighted by atomic mass is 10.1. The van der Waals surface area contributed by atoms with Crippen LogP contribution in [0.1, 0.15) is 24.2 Å². The molecule has 1 saturated heterocycles. The van der Waals surface area contributed by atoms with Crippen molar-refractivity contribution in [2.75, 3.05) is 65.5 Å². The number of morpholine rings is 1. The third-order valence-electron chi connectivity index (χ3n) is 5.10. The lowest BCUT2D eigenvalue weighted by Gasteiger charge is -2.32. The fourth-order valence-corrected chi connectivity index (χ4v) is 4.20. The first-order chi connectivity index (χ1) is 14.1. The molecule has 1 aliphatic heterocycles. The number of nitrogens with zero attached hydrogens (tertiary/aromatic N) is 3. The van der Waals surface area contributed by atoms with Crippen molar-refractivity contribution >= 4 is 27.6 Å². The summed E-state index contributed by atoms with van der Waals surface area (Å²) in [5.74, 6) is -1.23. The van der Waals surface area contributed by atoms with Gasteiger partial charge in [0.1, 0.15) is 0 Å². The van der Waals surface area contributed by atoms with E-state index in [1.54, 1.807) is 13.0 Å². The number of amides is 1. The maximum atomic E-state index is 13.4. The van der Waals surface area contributed by atoms with E-state index in [1.807, 2.05) is 11.8 Å². The Kier molecular flexibility index (Phi) is 8.22. The number of ether oxygens (including phenoxy) is 2. The van der Waals surface area contributed by atoms with E-state index < -0.39 is 21.9 Å². The standard InChI is InChI=1S/C20H31N3O6S/c1-6-22(14-15(2)20(25)28-5)19(24)17-13-16(30(26,27)21(3)4)7-8-18(17)23-9-11-29-12-10-23/h7-8,13,15H,6,9-12,14H2,1-5H3. The third kappa shape index (κ3) is 5.30. The average Bonchev–Trinajstić information content (AvgIpc) is 2.76. The van der Waals surface area contributed by atoms with E-state index in [1.165, 1.54) is 38.2 Å². The molecule has 0 bridgehead atoms. The molecule has 1 amide bonds. The minimum absolute atomic E-state index is 0.0462. The minimum atomic E-state index is -3.71. The molecule has 9 nitrogen and oxygen atoms in total. The number of sulfonamides is 1. The molecule has 10 heteroatoms. The Hall–Kier alpha value is -2.17. The Balaban J connectivity index is 2.49. The number of methoxy groups -OCH3 is 1. The van der Waals surface area contributed by atoms with E-state index in [0.717, 1.165) is 4.31 Å². The molecule has 168 valence electrons. The van der Waals surface area contributed by atoms with Gasteiger partial charge in [-0.25, -0.2) is 12.7 Å². The molecule has 1 aliphatic rings. The fraction of sp³-hybridized carbons (Fsp3) is 0.600. The highest BCUT2D eigenvalue weighted by atomic mass is 32.2. The van der Waals surface area contributed by atoms with E-state index in [2.05, 4.69) is 0 Å². The summed E-state index contributed by atoms with van der Waals surface area (Å²) in [6, 6.07) is 4.62. The van der Waals surface area contributed by atoms with Gasteiger partial charge in [0.05, 0.1) is 36.7 Å². The summed E-state index contributed by atoms with van der Waals surface area (Å²) >= 11 is 0. The zero-order valence-corrected chi connectivity index (χ0v) is 19.1. The Morgan fingerprint density at radius 3 is 2.40 bits per heavy atom. The van der Waals surface area contributed by atoms with Crippen molar-refractivity contribution in [3.05, 3.63) is 23.8 Å². The molecular weight excluding hydrogens is 410 g/mol. The van der Waals surface area contributed by atoms with Gasteiger partial charge in [-0.15, -0.1) is 0 Å². The summed E-state index contributed by atoms with van der Waals surface area (Å²) in [6.07, 6.45) is 0. The lowest BCUT2D eigenvalue weighted by Crippen LogP contribution is -2.40. The zero-order chi connectivity index (χ0) is 22.5. The van der Waals surface area contributed by atoms with Crippen LogP contribution in [0, 0.1) is 5.92 Å². The second-order valence-corrected chi connectivity index (χ2v) is 9.49. The summed E-state index contributed by atoms with van der Waals surface area (Å²) in [5, 5.41) is 0. The fourth-order valence-electron chi connectivity index (χ4n) is 3.27. The zero-order valence-electron chi connectivity index (χ0n) is 18.3. The SMILES string of the molecule is CCN(CC(C)C(=O)OC)C(=O)c1cc(S(=O)(=O)N(C)C)ccc1N1CCOCC1. The first-order valence-corrected chi connectivity index (χ1v) is 11.3. The van der Waals surface area contributed by atoms with E-state index in [4.69, 9.17) is 9.47 Å². The van der Waals surface area contributed by atoms with Crippen molar-refractivity contribution < 1.29 is 27.5 Å². The molecule has 2 rings (SSSR count). The van der Waals surface area contributed by atoms with Gasteiger partial charge < -0.3 is 19.3 Å². The maximum absolute atomic E-state index is 13.4. The lowest BCUT2D eigenvalue weighted by molar-refractivity contribution is -0.145. The third-order valence-corrected chi connectivity index (χ3v) is 6.91. The monoisotopic (exact) mass is 441 g/mol. The van der Waals surface area contributed by atoms with Crippen LogP contribution in [0.5, 0.6) is 0 Å². The van der Waals surface area contributed by atoms with Crippen LogP contribution in [0.25, 0.3) is 0 Å². The van der Waals surface area contributed by atoms with Gasteiger partial charge >= 0.3 is 5.97 Å². The van der Waals surface area contributed by atoms with Crippen LogP contribution in [-0.4, -0.2) is 90.1 Å². The topological polar surface area (TPSA) is 96.5 Å². The van der Waals surface area contributed by atoms with Gasteiger partial charge in [0.2, 0.25) is 10.0 Å². The molecule has 30 heavy (non-hydrogen) atoms. The summed E-state index contributed by atoms with van der Waals surface area (Å²) in [4.78, 5) is 28.9. The van der Waals surface area contributed by atoms with Crippen LogP contribution >= 0.6 is 0 Å². The van der Waals surface area contributed by atoms with Crippen molar-refractivity contribution in [1.29, 1.82) is 0 Å². The van der Waals surface area contributed by atoms with Gasteiger partial charge in [-0.05, 0) is 25.1 Å². The van der Waals surface area contributed by atoms with Crippen LogP contribution in [-0.2, 0) is 24.3 Å². The molecule has 1 unspecified atom stereocenters. The summed E-state index contributed by atoms with van der Waals surface area (Å²) in [5.41, 5.74) is 0.948. The van der Waals surface area contributed by atoms with Crippen molar-refractivity contribution in [3.63, 3.8) is 0 Å². The smallest absolute Gasteiger partial charge is 0.310 e. The number of esters is 1. The molecule has 1 aromatic carbocycles. The second kappa shape index (κ2) is 10.2. The molecule has 1 heterocycles. The van der Waals surface area contributed by atoms with Gasteiger partial charge in [0.15, 0.2) is 0 Å². The molecule has 0 saturated carbocycles. The van der Waals surface area contributed by atoms with Crippen LogP contribution in [0.3, 0.4) is 0 Å². The largest absolute Gasteiger partial charge is 0.469 e. The number of hydrogen-bond donors (Lipinski definition) is 0. The molecular formula is C20H31N3O6S. The second-order valence-electron chi connectivity index (χ2n) is 7.33. The number of anilines is 1. The molecule has 1 aromatic rings. The molecule has 1 fully saturated rings. The van der Waals surface area contributed by atoms with E-state index in [0.29, 0.717) is 44.1 Å². The van der Waals surface area contributed by atoms with Gasteiger partial charge in [0, 0.05) is 46.0 Å². The van der Waals surface area contributed by atoms with Crippen LogP contribution in [0.4, 0.5) is 5.69 Å². The predicted molar refractivity (Wildman–Crippen MR) is 113 cm³/mol. The molecule has 1 atom stereocenters. The average molecular weight is 442 g/mol. The van der Waals surface area contributed by atoms with Crippen LogP contribution in [0.2, 0.25) is 0 Å². The number of rotatable bonds is 8. The molecule has 0 radical (unpaired) electrons. The van der Waals surface area contributed by atoms with Gasteiger partial charge in [-0.1, -0.05) is 6.92 Å². The van der Waals surface area contributed by atoms with E-state index in [9.17, 15) is 18.0 Å². The van der Waals surface area contributed by atoms with Crippen LogP contribution in [0.15, 0.2) is 23.1 Å². The van der Waals surface area contributed by atoms with Crippen molar-refractivity contribution in [1.82, 2.24) is 9.21 Å². The minimum Gasteiger partial charge on any atom is -0.469 e. The Morgan fingerprint density at radius 2 is 1.87 bits per heavy atom. The molecule has 0 aromatic heterocycles. The highest BCUT2D eigenvalue weighted by Crippen LogP contribution is 2.28. The number of hydrogen-bond acceptors (Lipinski definition) is 7. The first kappa shape index (κ1) is 24.1. The molecule has 0 spiro atoms. The number of carbonyl (C=O) groups is 2. The summed E-state index contributed by atoms with van der Waals surface area (Å²) < 4.78 is 36.6. The summed E-state index contributed by atoms with van der Waals surface area (Å²) in [6.45, 7) is 6.32. The predicted octanol–water partition coefficient (Wildman–Crippen LogP) is 1.04. The Morgan fingerprint density at radius 1 is 1.23 bits per heavy atom. The van der Waals surface area contributed by atoms with Crippen molar-refractivity contribution in [2.45, 2.75) is 18.7 Å². The summed E-state index contributed by atoms with van der Waals surface area (Å²) in [7, 11) is 0.496. The van der Waals surface area contributed by atoms with Gasteiger partial charge in [-0.3, -0.25) is 9.59 Å². The Bertz CT molecular complexity index is 865. The van der Waals surface area contributed by atoms with Crippen molar-refractivity contribution in [2.24, 2.45) is 5.92 Å².